The lowest BCUT2D eigenvalue weighted by molar-refractivity contribution is -0.150. The Morgan fingerprint density at radius 2 is 1.69 bits per heavy atom. The van der Waals surface area contributed by atoms with Crippen LogP contribution in [-0.4, -0.2) is 16.1 Å². The van der Waals surface area contributed by atoms with Crippen LogP contribution in [0, 0.1) is 11.3 Å². The number of fused-ring (bicyclic) bond motifs is 1. The molecular weight excluding hydrogens is 505 g/mol. The van der Waals surface area contributed by atoms with E-state index in [2.05, 4.69) is 6.07 Å². The van der Waals surface area contributed by atoms with E-state index in [0.717, 1.165) is 16.9 Å². The number of benzene rings is 2. The third kappa shape index (κ3) is 4.92. The van der Waals surface area contributed by atoms with Gasteiger partial charge in [-0.25, -0.2) is 4.79 Å². The number of nitriles is 1. The summed E-state index contributed by atoms with van der Waals surface area (Å²) in [6, 6.07) is 16.0. The highest BCUT2D eigenvalue weighted by molar-refractivity contribution is 7.07. The van der Waals surface area contributed by atoms with E-state index in [-0.39, 0.29) is 17.0 Å². The Kier molecular flexibility index (Phi) is 6.65. The molecule has 1 atom stereocenters. The van der Waals surface area contributed by atoms with Crippen LogP contribution < -0.4 is 20.5 Å². The van der Waals surface area contributed by atoms with Crippen LogP contribution in [0.4, 0.5) is 0 Å². The van der Waals surface area contributed by atoms with Crippen LogP contribution in [0.15, 0.2) is 58.9 Å². The van der Waals surface area contributed by atoms with Crippen LogP contribution in [0.2, 0.25) is 10.0 Å². The van der Waals surface area contributed by atoms with Crippen LogP contribution >= 0.6 is 34.5 Å². The van der Waals surface area contributed by atoms with Gasteiger partial charge in [-0.05, 0) is 62.2 Å². The van der Waals surface area contributed by atoms with Gasteiger partial charge in [-0.1, -0.05) is 47.5 Å². The van der Waals surface area contributed by atoms with Gasteiger partial charge in [0.1, 0.15) is 16.1 Å². The Labute approximate surface area is 215 Å². The molecular formula is C26H21Cl2N3O3S. The van der Waals surface area contributed by atoms with E-state index in [1.807, 2.05) is 0 Å². The number of nitrogens with two attached hydrogens (primary N) is 1. The Bertz CT molecular complexity index is 1570. The van der Waals surface area contributed by atoms with Crippen molar-refractivity contribution in [3.63, 3.8) is 0 Å². The van der Waals surface area contributed by atoms with Crippen LogP contribution in [0.25, 0.3) is 17.5 Å². The van der Waals surface area contributed by atoms with Crippen molar-refractivity contribution >= 4 is 58.0 Å². The van der Waals surface area contributed by atoms with Crippen LogP contribution in [0.5, 0.6) is 0 Å². The quantitative estimate of drug-likeness (QED) is 0.521. The Morgan fingerprint density at radius 3 is 2.23 bits per heavy atom. The fraction of sp³-hybridized carbons (Fsp3) is 0.192. The van der Waals surface area contributed by atoms with Gasteiger partial charge in [0.25, 0.3) is 5.56 Å². The molecule has 1 aromatic heterocycles. The van der Waals surface area contributed by atoms with Gasteiger partial charge in [0.15, 0.2) is 0 Å². The molecule has 0 saturated heterocycles. The van der Waals surface area contributed by atoms with Crippen molar-refractivity contribution in [3.05, 3.63) is 94.8 Å². The number of carbonyl (C=O) groups excluding carboxylic acids is 1. The maximum atomic E-state index is 13.4. The molecule has 3 aromatic rings. The second-order valence-electron chi connectivity index (χ2n) is 8.92. The van der Waals surface area contributed by atoms with Crippen molar-refractivity contribution in [2.75, 3.05) is 0 Å². The molecule has 0 aliphatic carbocycles. The number of ether oxygens (including phenoxy) is 1. The third-order valence-electron chi connectivity index (χ3n) is 5.26. The molecule has 1 aliphatic rings. The number of esters is 1. The summed E-state index contributed by atoms with van der Waals surface area (Å²) in [5.41, 5.74) is 6.88. The van der Waals surface area contributed by atoms with E-state index in [9.17, 15) is 14.9 Å². The van der Waals surface area contributed by atoms with Gasteiger partial charge in [0, 0.05) is 10.0 Å². The van der Waals surface area contributed by atoms with E-state index in [0.29, 0.717) is 24.8 Å². The first kappa shape index (κ1) is 24.8. The van der Waals surface area contributed by atoms with Gasteiger partial charge in [-0.15, -0.1) is 11.3 Å². The molecule has 1 aliphatic heterocycles. The largest absolute Gasteiger partial charge is 0.456 e. The summed E-state index contributed by atoms with van der Waals surface area (Å²) in [6.07, 6.45) is 1.70. The molecule has 35 heavy (non-hydrogen) atoms. The molecule has 1 unspecified atom stereocenters. The predicted octanol–water partition coefficient (Wildman–Crippen LogP) is 3.99. The monoisotopic (exact) mass is 525 g/mol. The maximum Gasteiger partial charge on any atom is 0.339 e. The summed E-state index contributed by atoms with van der Waals surface area (Å²) in [5.74, 6) is -1.59. The van der Waals surface area contributed by atoms with Gasteiger partial charge >= 0.3 is 5.97 Å². The number of hydrogen-bond acceptors (Lipinski definition) is 6. The van der Waals surface area contributed by atoms with E-state index >= 15 is 0 Å². The van der Waals surface area contributed by atoms with Gasteiger partial charge in [0.05, 0.1) is 27.7 Å². The number of hydrogen-bond donors (Lipinski definition) is 1. The fourth-order valence-corrected chi connectivity index (χ4v) is 5.16. The number of rotatable bonds is 3. The van der Waals surface area contributed by atoms with E-state index in [1.54, 1.807) is 75.4 Å². The van der Waals surface area contributed by atoms with Crippen molar-refractivity contribution in [1.82, 2.24) is 4.57 Å². The number of thiazole rings is 1. The third-order valence-corrected chi connectivity index (χ3v) is 6.87. The summed E-state index contributed by atoms with van der Waals surface area (Å²) < 4.78 is 7.57. The normalized spacial score (nSPS) is 16.2. The van der Waals surface area contributed by atoms with Crippen molar-refractivity contribution in [1.29, 1.82) is 5.26 Å². The highest BCUT2D eigenvalue weighted by Gasteiger charge is 2.37. The average molecular weight is 526 g/mol. The van der Waals surface area contributed by atoms with Crippen molar-refractivity contribution in [2.24, 2.45) is 5.73 Å². The molecule has 9 heteroatoms. The zero-order valence-corrected chi connectivity index (χ0v) is 21.5. The molecule has 0 spiro atoms. The molecule has 4 rings (SSSR count). The zero-order chi connectivity index (χ0) is 25.5. The van der Waals surface area contributed by atoms with E-state index in [1.165, 1.54) is 4.57 Å². The first-order valence-corrected chi connectivity index (χ1v) is 12.2. The first-order chi connectivity index (χ1) is 16.5. The summed E-state index contributed by atoms with van der Waals surface area (Å²) in [6.45, 7) is 5.20. The van der Waals surface area contributed by atoms with Crippen LogP contribution in [0.1, 0.15) is 37.8 Å². The summed E-state index contributed by atoms with van der Waals surface area (Å²) >= 11 is 13.2. The van der Waals surface area contributed by atoms with E-state index < -0.39 is 23.0 Å². The van der Waals surface area contributed by atoms with Gasteiger partial charge < -0.3 is 10.5 Å². The first-order valence-electron chi connectivity index (χ1n) is 10.6. The van der Waals surface area contributed by atoms with Crippen LogP contribution in [-0.2, 0) is 9.53 Å². The number of nitrogens with zero attached hydrogens (tertiary/aromatic N) is 2. The van der Waals surface area contributed by atoms with Gasteiger partial charge in [0.2, 0.25) is 0 Å². The summed E-state index contributed by atoms with van der Waals surface area (Å²) in [4.78, 5) is 26.8. The SMILES string of the molecule is CC(C)(C)OC(=O)C1=C(N)n2c(sc(=Cc3ccc(Cl)cc3)c2=O)=C(C#N)C1c1ccc(Cl)cc1. The molecule has 2 N–H and O–H groups in total. The highest BCUT2D eigenvalue weighted by atomic mass is 35.5. The van der Waals surface area contributed by atoms with Gasteiger partial charge in [-0.3, -0.25) is 9.36 Å². The minimum absolute atomic E-state index is 0.0317. The molecule has 0 fully saturated rings. The number of aromatic nitrogens is 1. The zero-order valence-electron chi connectivity index (χ0n) is 19.1. The minimum atomic E-state index is -0.825. The summed E-state index contributed by atoms with van der Waals surface area (Å²) in [7, 11) is 0. The molecule has 0 radical (unpaired) electrons. The Hall–Kier alpha value is -3.31. The van der Waals surface area contributed by atoms with E-state index in [4.69, 9.17) is 33.7 Å². The lowest BCUT2D eigenvalue weighted by Gasteiger charge is -2.28. The Balaban J connectivity index is 2.04. The maximum absolute atomic E-state index is 13.4. The molecule has 6 nitrogen and oxygen atoms in total. The van der Waals surface area contributed by atoms with Crippen molar-refractivity contribution < 1.29 is 9.53 Å². The second-order valence-corrected chi connectivity index (χ2v) is 10.8. The highest BCUT2D eigenvalue weighted by Crippen LogP contribution is 2.37. The summed E-state index contributed by atoms with van der Waals surface area (Å²) in [5, 5.41) is 11.3. The minimum Gasteiger partial charge on any atom is -0.456 e. The molecule has 0 amide bonds. The van der Waals surface area contributed by atoms with Gasteiger partial charge in [-0.2, -0.15) is 5.26 Å². The average Bonchev–Trinajstić information content (AvgIpc) is 3.10. The topological polar surface area (TPSA) is 98.1 Å². The standard InChI is InChI=1S/C26H21Cl2N3O3S/c1-26(2,3)34-25(33)21-20(15-6-10-17(28)11-7-15)18(13-29)24-31(22(21)30)23(32)19(35-24)12-14-4-8-16(27)9-5-14/h4-12,20H,30H2,1-3H3. The lowest BCUT2D eigenvalue weighted by Crippen LogP contribution is -2.41. The molecule has 0 saturated carbocycles. The molecule has 178 valence electrons. The van der Waals surface area contributed by atoms with Crippen LogP contribution in [0.3, 0.4) is 0 Å². The fourth-order valence-electron chi connectivity index (χ4n) is 3.78. The smallest absolute Gasteiger partial charge is 0.339 e. The molecule has 2 aromatic carbocycles. The lowest BCUT2D eigenvalue weighted by atomic mass is 9.84. The Morgan fingerprint density at radius 1 is 1.11 bits per heavy atom. The van der Waals surface area contributed by atoms with Crippen molar-refractivity contribution in [2.45, 2.75) is 32.3 Å². The molecule has 2 heterocycles. The van der Waals surface area contributed by atoms with Crippen molar-refractivity contribution in [3.8, 4) is 6.07 Å². The molecule has 0 bridgehead atoms. The number of halogens is 2. The second kappa shape index (κ2) is 9.38. The predicted molar refractivity (Wildman–Crippen MR) is 139 cm³/mol. The number of carbonyl (C=O) groups is 1.